The van der Waals surface area contributed by atoms with Gasteiger partial charge in [-0.05, 0) is 47.8 Å². The van der Waals surface area contributed by atoms with Crippen LogP contribution in [0.1, 0.15) is 18.9 Å². The van der Waals surface area contributed by atoms with Crippen LogP contribution in [0.5, 0.6) is 0 Å². The number of nitrogens with two attached hydrogens (primary N) is 1. The molecule has 0 aliphatic carbocycles. The molecular formula is C12H16BrN3O. The van der Waals surface area contributed by atoms with Gasteiger partial charge >= 0.3 is 0 Å². The molecule has 4 nitrogen and oxygen atoms in total. The number of halogens is 1. The normalized spacial score (nSPS) is 24.1. The van der Waals surface area contributed by atoms with E-state index in [4.69, 9.17) is 5.73 Å². The lowest BCUT2D eigenvalue weighted by Gasteiger charge is -2.22. The second-order valence-electron chi connectivity index (χ2n) is 4.89. The topological polar surface area (TPSA) is 59.2 Å². The number of carbonyl (C=O) groups is 1. The van der Waals surface area contributed by atoms with Crippen molar-refractivity contribution in [1.82, 2.24) is 4.98 Å². The summed E-state index contributed by atoms with van der Waals surface area (Å²) in [6.45, 7) is 5.42. The summed E-state index contributed by atoms with van der Waals surface area (Å²) in [6, 6.07) is 2.03. The maximum atomic E-state index is 11.4. The zero-order valence-corrected chi connectivity index (χ0v) is 11.6. The van der Waals surface area contributed by atoms with Crippen molar-refractivity contribution in [3.05, 3.63) is 22.3 Å². The Bertz CT molecular complexity index is 463. The fraction of sp³-hybridized carbons (Fsp3) is 0.500. The molecule has 1 aliphatic rings. The van der Waals surface area contributed by atoms with E-state index in [1.807, 2.05) is 19.9 Å². The predicted molar refractivity (Wildman–Crippen MR) is 70.8 cm³/mol. The lowest BCUT2D eigenvalue weighted by atomic mass is 9.89. The van der Waals surface area contributed by atoms with Crippen molar-refractivity contribution in [3.8, 4) is 0 Å². The quantitative estimate of drug-likeness (QED) is 0.906. The number of amides is 1. The largest absolute Gasteiger partial charge is 0.369 e. The average molecular weight is 298 g/mol. The van der Waals surface area contributed by atoms with Crippen LogP contribution >= 0.6 is 15.9 Å². The van der Waals surface area contributed by atoms with Crippen molar-refractivity contribution in [2.75, 3.05) is 18.0 Å². The molecule has 1 amide bonds. The molecule has 0 bridgehead atoms. The average Bonchev–Trinajstić information content (AvgIpc) is 2.62. The Labute approximate surface area is 109 Å². The van der Waals surface area contributed by atoms with Crippen LogP contribution in [0.15, 0.2) is 16.7 Å². The molecule has 1 fully saturated rings. The Morgan fingerprint density at radius 3 is 2.88 bits per heavy atom. The maximum Gasteiger partial charge on any atom is 0.225 e. The van der Waals surface area contributed by atoms with Crippen molar-refractivity contribution in [3.63, 3.8) is 0 Å². The number of hydrogen-bond acceptors (Lipinski definition) is 3. The number of hydrogen-bond donors (Lipinski definition) is 1. The monoisotopic (exact) mass is 297 g/mol. The van der Waals surface area contributed by atoms with E-state index in [2.05, 4.69) is 25.8 Å². The summed E-state index contributed by atoms with van der Waals surface area (Å²) >= 11 is 3.40. The third kappa shape index (κ3) is 2.29. The number of pyridine rings is 1. The molecule has 5 heteroatoms. The molecule has 2 rings (SSSR count). The first-order valence-electron chi connectivity index (χ1n) is 5.59. The Morgan fingerprint density at radius 2 is 2.35 bits per heavy atom. The summed E-state index contributed by atoms with van der Waals surface area (Å²) < 4.78 is 0.968. The molecule has 1 saturated heterocycles. The molecule has 1 atom stereocenters. The molecule has 2 N–H and O–H groups in total. The van der Waals surface area contributed by atoms with Gasteiger partial charge in [0.2, 0.25) is 5.91 Å². The highest BCUT2D eigenvalue weighted by Crippen LogP contribution is 2.33. The van der Waals surface area contributed by atoms with Gasteiger partial charge in [-0.3, -0.25) is 4.79 Å². The van der Waals surface area contributed by atoms with Crippen LogP contribution in [-0.2, 0) is 4.79 Å². The van der Waals surface area contributed by atoms with Crippen LogP contribution in [0.3, 0.4) is 0 Å². The molecule has 1 aromatic rings. The first-order chi connectivity index (χ1) is 7.92. The van der Waals surface area contributed by atoms with Crippen LogP contribution < -0.4 is 10.6 Å². The van der Waals surface area contributed by atoms with Crippen LogP contribution in [0.25, 0.3) is 0 Å². The highest BCUT2D eigenvalue weighted by Gasteiger charge is 2.39. The zero-order chi connectivity index (χ0) is 12.6. The van der Waals surface area contributed by atoms with E-state index < -0.39 is 5.41 Å². The van der Waals surface area contributed by atoms with E-state index in [-0.39, 0.29) is 5.91 Å². The minimum absolute atomic E-state index is 0.227. The van der Waals surface area contributed by atoms with Gasteiger partial charge < -0.3 is 10.6 Å². The number of primary amides is 1. The van der Waals surface area contributed by atoms with Gasteiger partial charge in [0.1, 0.15) is 5.82 Å². The molecule has 2 heterocycles. The van der Waals surface area contributed by atoms with Gasteiger partial charge in [0, 0.05) is 23.8 Å². The minimum Gasteiger partial charge on any atom is -0.369 e. The summed E-state index contributed by atoms with van der Waals surface area (Å²) in [6.07, 6.45) is 2.57. The highest BCUT2D eigenvalue weighted by molar-refractivity contribution is 9.10. The molecule has 0 saturated carbocycles. The van der Waals surface area contributed by atoms with E-state index in [1.165, 1.54) is 0 Å². The Morgan fingerprint density at radius 1 is 1.65 bits per heavy atom. The lowest BCUT2D eigenvalue weighted by Crippen LogP contribution is -2.37. The van der Waals surface area contributed by atoms with E-state index in [9.17, 15) is 4.79 Å². The molecule has 1 aliphatic heterocycles. The molecule has 1 aromatic heterocycles. The first-order valence-corrected chi connectivity index (χ1v) is 6.39. The number of carbonyl (C=O) groups excluding carboxylic acids is 1. The zero-order valence-electron chi connectivity index (χ0n) is 10.0. The van der Waals surface area contributed by atoms with Crippen LogP contribution in [0, 0.1) is 12.3 Å². The predicted octanol–water partition coefficient (Wildman–Crippen LogP) is 1.85. The molecule has 0 radical (unpaired) electrons. The number of rotatable bonds is 2. The van der Waals surface area contributed by atoms with Crippen molar-refractivity contribution in [1.29, 1.82) is 0 Å². The van der Waals surface area contributed by atoms with Gasteiger partial charge in [-0.15, -0.1) is 0 Å². The Hall–Kier alpha value is -1.10. The second-order valence-corrected chi connectivity index (χ2v) is 5.81. The van der Waals surface area contributed by atoms with Gasteiger partial charge in [0.25, 0.3) is 0 Å². The second kappa shape index (κ2) is 4.29. The van der Waals surface area contributed by atoms with Crippen LogP contribution in [0.4, 0.5) is 5.82 Å². The van der Waals surface area contributed by atoms with E-state index >= 15 is 0 Å². The Kier molecular flexibility index (Phi) is 3.12. The standard InChI is InChI=1S/C12H16BrN3O/c1-8-5-9(13)6-15-10(8)16-4-3-12(2,7-16)11(14)17/h5-6H,3-4,7H2,1-2H3,(H2,14,17). The van der Waals surface area contributed by atoms with Gasteiger partial charge in [0.05, 0.1) is 5.41 Å². The number of aromatic nitrogens is 1. The lowest BCUT2D eigenvalue weighted by molar-refractivity contribution is -0.125. The smallest absolute Gasteiger partial charge is 0.225 e. The molecule has 92 valence electrons. The SMILES string of the molecule is Cc1cc(Br)cnc1N1CCC(C)(C(N)=O)C1. The highest BCUT2D eigenvalue weighted by atomic mass is 79.9. The summed E-state index contributed by atoms with van der Waals surface area (Å²) in [5.41, 5.74) is 6.12. The van der Waals surface area contributed by atoms with Crippen LogP contribution in [-0.4, -0.2) is 24.0 Å². The van der Waals surface area contributed by atoms with Gasteiger partial charge in [-0.1, -0.05) is 0 Å². The first kappa shape index (κ1) is 12.4. The third-order valence-electron chi connectivity index (χ3n) is 3.38. The number of aryl methyl sites for hydroxylation is 1. The number of anilines is 1. The van der Waals surface area contributed by atoms with Crippen LogP contribution in [0.2, 0.25) is 0 Å². The molecule has 0 spiro atoms. The van der Waals surface area contributed by atoms with E-state index in [0.29, 0.717) is 6.54 Å². The number of nitrogens with zero attached hydrogens (tertiary/aromatic N) is 2. The summed E-state index contributed by atoms with van der Waals surface area (Å²) in [7, 11) is 0. The van der Waals surface area contributed by atoms with Gasteiger partial charge in [0.15, 0.2) is 0 Å². The van der Waals surface area contributed by atoms with Gasteiger partial charge in [-0.2, -0.15) is 0 Å². The summed E-state index contributed by atoms with van der Waals surface area (Å²) in [5.74, 6) is 0.716. The van der Waals surface area contributed by atoms with Crippen molar-refractivity contribution < 1.29 is 4.79 Å². The third-order valence-corrected chi connectivity index (χ3v) is 3.82. The molecular weight excluding hydrogens is 282 g/mol. The fourth-order valence-corrected chi connectivity index (χ4v) is 2.65. The molecule has 1 unspecified atom stereocenters. The fourth-order valence-electron chi connectivity index (χ4n) is 2.21. The summed E-state index contributed by atoms with van der Waals surface area (Å²) in [5, 5.41) is 0. The van der Waals surface area contributed by atoms with Crippen molar-refractivity contribution in [2.45, 2.75) is 20.3 Å². The minimum atomic E-state index is -0.429. The maximum absolute atomic E-state index is 11.4. The van der Waals surface area contributed by atoms with Crippen molar-refractivity contribution in [2.24, 2.45) is 11.1 Å². The van der Waals surface area contributed by atoms with E-state index in [1.54, 1.807) is 6.20 Å². The Balaban J connectivity index is 2.24. The van der Waals surface area contributed by atoms with Gasteiger partial charge in [-0.25, -0.2) is 4.98 Å². The molecule has 17 heavy (non-hydrogen) atoms. The van der Waals surface area contributed by atoms with E-state index in [0.717, 1.165) is 28.8 Å². The molecule has 0 aromatic carbocycles. The van der Waals surface area contributed by atoms with Crippen molar-refractivity contribution >= 4 is 27.7 Å². The summed E-state index contributed by atoms with van der Waals surface area (Å²) in [4.78, 5) is 18.0.